The number of rotatable bonds is 6. The maximum absolute atomic E-state index is 12.8. The maximum atomic E-state index is 12.8. The van der Waals surface area contributed by atoms with Crippen molar-refractivity contribution in [2.45, 2.75) is 18.4 Å². The summed E-state index contributed by atoms with van der Waals surface area (Å²) in [5.41, 5.74) is 4.11. The minimum absolute atomic E-state index is 0.188. The average Bonchev–Trinajstić information content (AvgIpc) is 2.99. The molecule has 6 nitrogen and oxygen atoms in total. The first-order chi connectivity index (χ1) is 13.7. The van der Waals surface area contributed by atoms with E-state index in [-0.39, 0.29) is 10.8 Å². The zero-order valence-corrected chi connectivity index (χ0v) is 17.7. The minimum atomic E-state index is -3.23. The molecule has 0 fully saturated rings. The molecule has 1 amide bonds. The zero-order chi connectivity index (χ0) is 21.2. The number of sulfone groups is 1. The standard InChI is InChI=1S/C22H24N2O4S/c1-15-19(14-24(2)21(15)18-7-5-6-8-20(18)28-3)22(25)23-13-16-9-11-17(12-10-16)29(4,26)27/h5-12,14H,13H2,1-4H3,(H,23,25). The van der Waals surface area contributed by atoms with Gasteiger partial charge in [0.25, 0.3) is 5.91 Å². The molecular weight excluding hydrogens is 388 g/mol. The highest BCUT2D eigenvalue weighted by Crippen LogP contribution is 2.33. The summed E-state index contributed by atoms with van der Waals surface area (Å²) >= 11 is 0. The second-order valence-electron chi connectivity index (χ2n) is 6.93. The fraction of sp³-hybridized carbons (Fsp3) is 0.227. The summed E-state index contributed by atoms with van der Waals surface area (Å²) < 4.78 is 30.5. The van der Waals surface area contributed by atoms with Crippen LogP contribution in [0.15, 0.2) is 59.6 Å². The number of amides is 1. The molecule has 0 spiro atoms. The van der Waals surface area contributed by atoms with Crippen molar-refractivity contribution in [2.75, 3.05) is 13.4 Å². The van der Waals surface area contributed by atoms with Crippen molar-refractivity contribution < 1.29 is 17.9 Å². The first-order valence-electron chi connectivity index (χ1n) is 9.09. The Bertz CT molecular complexity index is 1150. The third kappa shape index (κ3) is 4.35. The molecule has 0 unspecified atom stereocenters. The lowest BCUT2D eigenvalue weighted by Gasteiger charge is -2.11. The first-order valence-corrected chi connectivity index (χ1v) is 11.0. The number of ether oxygens (including phenoxy) is 1. The van der Waals surface area contributed by atoms with Gasteiger partial charge in [0.2, 0.25) is 0 Å². The predicted octanol–water partition coefficient (Wildman–Crippen LogP) is 3.34. The number of carbonyl (C=O) groups excluding carboxylic acids is 1. The predicted molar refractivity (Wildman–Crippen MR) is 113 cm³/mol. The molecule has 1 aromatic heterocycles. The molecule has 0 atom stereocenters. The van der Waals surface area contributed by atoms with E-state index in [1.165, 1.54) is 6.26 Å². The molecule has 0 aliphatic rings. The SMILES string of the molecule is COc1ccccc1-c1c(C)c(C(=O)NCc2ccc(S(C)(=O)=O)cc2)cn1C. The summed E-state index contributed by atoms with van der Waals surface area (Å²) in [4.78, 5) is 13.0. The molecule has 0 bridgehead atoms. The van der Waals surface area contributed by atoms with E-state index in [4.69, 9.17) is 4.74 Å². The van der Waals surface area contributed by atoms with Crippen molar-refractivity contribution >= 4 is 15.7 Å². The number of nitrogens with zero attached hydrogens (tertiary/aromatic N) is 1. The second-order valence-corrected chi connectivity index (χ2v) is 8.94. The van der Waals surface area contributed by atoms with Gasteiger partial charge in [-0.1, -0.05) is 24.3 Å². The van der Waals surface area contributed by atoms with Gasteiger partial charge in [0.15, 0.2) is 9.84 Å². The van der Waals surface area contributed by atoms with E-state index >= 15 is 0 Å². The van der Waals surface area contributed by atoms with Gasteiger partial charge in [-0.25, -0.2) is 8.42 Å². The molecule has 152 valence electrons. The Labute approximate surface area is 171 Å². The van der Waals surface area contributed by atoms with Crippen LogP contribution in [0, 0.1) is 6.92 Å². The van der Waals surface area contributed by atoms with Gasteiger partial charge >= 0.3 is 0 Å². The highest BCUT2D eigenvalue weighted by atomic mass is 32.2. The van der Waals surface area contributed by atoms with E-state index in [1.807, 2.05) is 42.8 Å². The van der Waals surface area contributed by atoms with Gasteiger partial charge < -0.3 is 14.6 Å². The van der Waals surface area contributed by atoms with Crippen molar-refractivity contribution in [3.63, 3.8) is 0 Å². The van der Waals surface area contributed by atoms with Gasteiger partial charge in [0.05, 0.1) is 23.3 Å². The van der Waals surface area contributed by atoms with Gasteiger partial charge in [-0.05, 0) is 42.3 Å². The Hall–Kier alpha value is -3.06. The van der Waals surface area contributed by atoms with Crippen molar-refractivity contribution in [3.05, 3.63) is 71.4 Å². The van der Waals surface area contributed by atoms with Crippen LogP contribution in [0.3, 0.4) is 0 Å². The topological polar surface area (TPSA) is 77.4 Å². The van der Waals surface area contributed by atoms with Crippen LogP contribution >= 0.6 is 0 Å². The number of aromatic nitrogens is 1. The lowest BCUT2D eigenvalue weighted by Crippen LogP contribution is -2.23. The Balaban J connectivity index is 1.80. The largest absolute Gasteiger partial charge is 0.496 e. The molecule has 1 N–H and O–H groups in total. The highest BCUT2D eigenvalue weighted by molar-refractivity contribution is 7.90. The number of carbonyl (C=O) groups is 1. The van der Waals surface area contributed by atoms with Gasteiger partial charge in [-0.15, -0.1) is 0 Å². The molecule has 0 aliphatic carbocycles. The Morgan fingerprint density at radius 1 is 1.10 bits per heavy atom. The summed E-state index contributed by atoms with van der Waals surface area (Å²) in [6.45, 7) is 2.22. The van der Waals surface area contributed by atoms with Crippen LogP contribution in [0.25, 0.3) is 11.3 Å². The molecule has 0 saturated heterocycles. The number of benzene rings is 2. The van der Waals surface area contributed by atoms with Crippen LogP contribution in [-0.2, 0) is 23.4 Å². The molecule has 3 aromatic rings. The first kappa shape index (κ1) is 20.7. The van der Waals surface area contributed by atoms with Crippen LogP contribution < -0.4 is 10.1 Å². The van der Waals surface area contributed by atoms with E-state index in [9.17, 15) is 13.2 Å². The Morgan fingerprint density at radius 3 is 2.38 bits per heavy atom. The average molecular weight is 413 g/mol. The Morgan fingerprint density at radius 2 is 1.76 bits per heavy atom. The van der Waals surface area contributed by atoms with E-state index < -0.39 is 9.84 Å². The fourth-order valence-electron chi connectivity index (χ4n) is 3.34. The van der Waals surface area contributed by atoms with Crippen LogP contribution in [0.1, 0.15) is 21.5 Å². The van der Waals surface area contributed by atoms with E-state index in [0.29, 0.717) is 12.1 Å². The molecule has 0 saturated carbocycles. The zero-order valence-electron chi connectivity index (χ0n) is 16.9. The molecule has 1 heterocycles. The normalized spacial score (nSPS) is 11.3. The summed E-state index contributed by atoms with van der Waals surface area (Å²) in [7, 11) is 0.289. The van der Waals surface area contributed by atoms with Crippen LogP contribution in [0.5, 0.6) is 5.75 Å². The number of para-hydroxylation sites is 1. The van der Waals surface area contributed by atoms with Gasteiger partial charge in [-0.2, -0.15) is 0 Å². The molecule has 0 aliphatic heterocycles. The minimum Gasteiger partial charge on any atom is -0.496 e. The lowest BCUT2D eigenvalue weighted by molar-refractivity contribution is 0.0950. The number of hydrogen-bond acceptors (Lipinski definition) is 4. The second kappa shape index (κ2) is 8.13. The molecule has 3 rings (SSSR count). The molecule has 7 heteroatoms. The summed E-state index contributed by atoms with van der Waals surface area (Å²) in [6.07, 6.45) is 2.97. The monoisotopic (exact) mass is 412 g/mol. The maximum Gasteiger partial charge on any atom is 0.253 e. The van der Waals surface area contributed by atoms with Crippen molar-refractivity contribution in [3.8, 4) is 17.0 Å². The van der Waals surface area contributed by atoms with E-state index in [2.05, 4.69) is 5.32 Å². The van der Waals surface area contributed by atoms with Crippen LogP contribution in [0.4, 0.5) is 0 Å². The van der Waals surface area contributed by atoms with Crippen molar-refractivity contribution in [1.82, 2.24) is 9.88 Å². The van der Waals surface area contributed by atoms with Crippen LogP contribution in [0.2, 0.25) is 0 Å². The van der Waals surface area contributed by atoms with Crippen molar-refractivity contribution in [2.24, 2.45) is 7.05 Å². The number of hydrogen-bond donors (Lipinski definition) is 1. The molecule has 2 aromatic carbocycles. The number of aryl methyl sites for hydroxylation is 1. The summed E-state index contributed by atoms with van der Waals surface area (Å²) in [5.74, 6) is 0.557. The lowest BCUT2D eigenvalue weighted by atomic mass is 10.0. The van der Waals surface area contributed by atoms with Crippen molar-refractivity contribution in [1.29, 1.82) is 0 Å². The summed E-state index contributed by atoms with van der Waals surface area (Å²) in [5, 5.41) is 2.90. The van der Waals surface area contributed by atoms with Gasteiger partial charge in [0, 0.05) is 31.6 Å². The molecule has 29 heavy (non-hydrogen) atoms. The molecular formula is C22H24N2O4S. The quantitative estimate of drug-likeness (QED) is 0.674. The highest BCUT2D eigenvalue weighted by Gasteiger charge is 2.19. The Kier molecular flexibility index (Phi) is 5.79. The van der Waals surface area contributed by atoms with E-state index in [1.54, 1.807) is 37.6 Å². The van der Waals surface area contributed by atoms with Gasteiger partial charge in [0.1, 0.15) is 5.75 Å². The fourth-order valence-corrected chi connectivity index (χ4v) is 3.97. The molecule has 0 radical (unpaired) electrons. The summed E-state index contributed by atoms with van der Waals surface area (Å²) in [6, 6.07) is 14.2. The third-order valence-electron chi connectivity index (χ3n) is 4.85. The van der Waals surface area contributed by atoms with E-state index in [0.717, 1.165) is 28.1 Å². The third-order valence-corrected chi connectivity index (χ3v) is 5.97. The smallest absolute Gasteiger partial charge is 0.253 e. The number of nitrogens with one attached hydrogen (secondary N) is 1. The van der Waals surface area contributed by atoms with Gasteiger partial charge in [-0.3, -0.25) is 4.79 Å². The number of methoxy groups -OCH3 is 1. The van der Waals surface area contributed by atoms with Crippen LogP contribution in [-0.4, -0.2) is 32.3 Å².